The molecule has 0 rings (SSSR count). The van der Waals surface area contributed by atoms with E-state index >= 15 is 0 Å². The standard InChI is InChI=1S/C12H23NO4/c1-11(2,3)8(9(14)16-7)13-10(15)17-12(4,5)6/h8H,1-7H3,(H,13,15)/t8-/m1/s1. The molecule has 0 bridgehead atoms. The summed E-state index contributed by atoms with van der Waals surface area (Å²) in [6, 6.07) is -0.734. The van der Waals surface area contributed by atoms with Gasteiger partial charge in [-0.25, -0.2) is 9.59 Å². The number of hydrogen-bond donors (Lipinski definition) is 1. The van der Waals surface area contributed by atoms with Crippen LogP contribution in [0.25, 0.3) is 0 Å². The molecule has 0 aromatic rings. The molecule has 1 N–H and O–H groups in total. The van der Waals surface area contributed by atoms with E-state index in [4.69, 9.17) is 4.74 Å². The maximum atomic E-state index is 11.6. The Hall–Kier alpha value is -1.26. The van der Waals surface area contributed by atoms with Gasteiger partial charge >= 0.3 is 12.1 Å². The lowest BCUT2D eigenvalue weighted by Gasteiger charge is -2.30. The fourth-order valence-electron chi connectivity index (χ4n) is 1.17. The van der Waals surface area contributed by atoms with Crippen molar-refractivity contribution >= 4 is 12.1 Å². The monoisotopic (exact) mass is 245 g/mol. The van der Waals surface area contributed by atoms with Crippen molar-refractivity contribution < 1.29 is 19.1 Å². The molecule has 0 aromatic heterocycles. The molecule has 0 aliphatic rings. The van der Waals surface area contributed by atoms with Gasteiger partial charge in [-0.3, -0.25) is 0 Å². The molecular weight excluding hydrogens is 222 g/mol. The summed E-state index contributed by atoms with van der Waals surface area (Å²) in [4.78, 5) is 23.2. The van der Waals surface area contributed by atoms with E-state index in [9.17, 15) is 9.59 Å². The van der Waals surface area contributed by atoms with Crippen LogP contribution in [-0.2, 0) is 14.3 Å². The van der Waals surface area contributed by atoms with Crippen LogP contribution < -0.4 is 5.32 Å². The number of alkyl carbamates (subject to hydrolysis) is 1. The number of esters is 1. The molecule has 0 aliphatic heterocycles. The SMILES string of the molecule is COC(=O)[C@@H](NC(=O)OC(C)(C)C)C(C)(C)C. The summed E-state index contributed by atoms with van der Waals surface area (Å²) in [6.07, 6.45) is -0.622. The third-order valence-corrected chi connectivity index (χ3v) is 1.96. The van der Waals surface area contributed by atoms with E-state index < -0.39 is 29.1 Å². The smallest absolute Gasteiger partial charge is 0.408 e. The van der Waals surface area contributed by atoms with E-state index in [1.807, 2.05) is 20.8 Å². The van der Waals surface area contributed by atoms with Crippen LogP contribution in [-0.4, -0.2) is 30.8 Å². The molecule has 0 spiro atoms. The molecule has 17 heavy (non-hydrogen) atoms. The van der Waals surface area contributed by atoms with Crippen molar-refractivity contribution in [2.75, 3.05) is 7.11 Å². The minimum absolute atomic E-state index is 0.440. The first-order valence-corrected chi connectivity index (χ1v) is 5.54. The molecule has 5 nitrogen and oxygen atoms in total. The van der Waals surface area contributed by atoms with Crippen molar-refractivity contribution in [3.8, 4) is 0 Å². The van der Waals surface area contributed by atoms with Gasteiger partial charge in [0.1, 0.15) is 11.6 Å². The Balaban J connectivity index is 4.67. The van der Waals surface area contributed by atoms with E-state index in [2.05, 4.69) is 10.1 Å². The van der Waals surface area contributed by atoms with Crippen LogP contribution in [0.3, 0.4) is 0 Å². The lowest BCUT2D eigenvalue weighted by Crippen LogP contribution is -2.50. The maximum Gasteiger partial charge on any atom is 0.408 e. The molecule has 0 saturated carbocycles. The second-order valence-corrected chi connectivity index (χ2v) is 5.97. The molecule has 0 fully saturated rings. The van der Waals surface area contributed by atoms with E-state index in [1.54, 1.807) is 20.8 Å². The highest BCUT2D eigenvalue weighted by atomic mass is 16.6. The normalized spacial score (nSPS) is 13.8. The number of methoxy groups -OCH3 is 1. The van der Waals surface area contributed by atoms with Gasteiger partial charge < -0.3 is 14.8 Å². The largest absolute Gasteiger partial charge is 0.467 e. The van der Waals surface area contributed by atoms with Crippen molar-refractivity contribution in [3.05, 3.63) is 0 Å². The van der Waals surface area contributed by atoms with Crippen molar-refractivity contribution in [3.63, 3.8) is 0 Å². The summed E-state index contributed by atoms with van der Waals surface area (Å²) in [6.45, 7) is 10.8. The zero-order valence-electron chi connectivity index (χ0n) is 11.7. The number of ether oxygens (including phenoxy) is 2. The maximum absolute atomic E-state index is 11.6. The molecule has 1 atom stereocenters. The van der Waals surface area contributed by atoms with E-state index in [1.165, 1.54) is 7.11 Å². The quantitative estimate of drug-likeness (QED) is 0.757. The van der Waals surface area contributed by atoms with Crippen LogP contribution in [0.15, 0.2) is 0 Å². The van der Waals surface area contributed by atoms with Gasteiger partial charge in [0.2, 0.25) is 0 Å². The van der Waals surface area contributed by atoms with Gasteiger partial charge in [-0.15, -0.1) is 0 Å². The molecule has 0 heterocycles. The number of nitrogens with one attached hydrogen (secondary N) is 1. The van der Waals surface area contributed by atoms with Gasteiger partial charge in [0.05, 0.1) is 7.11 Å². The van der Waals surface area contributed by atoms with Crippen LogP contribution in [0.2, 0.25) is 0 Å². The Bertz CT molecular complexity index is 286. The fraction of sp³-hybridized carbons (Fsp3) is 0.833. The van der Waals surface area contributed by atoms with Gasteiger partial charge in [0.15, 0.2) is 0 Å². The number of amides is 1. The minimum Gasteiger partial charge on any atom is -0.467 e. The van der Waals surface area contributed by atoms with E-state index in [0.717, 1.165) is 0 Å². The molecule has 1 amide bonds. The number of hydrogen-bond acceptors (Lipinski definition) is 4. The Morgan fingerprint density at radius 3 is 1.82 bits per heavy atom. The summed E-state index contributed by atoms with van der Waals surface area (Å²) in [7, 11) is 1.29. The van der Waals surface area contributed by atoms with Gasteiger partial charge in [0, 0.05) is 0 Å². The highest BCUT2D eigenvalue weighted by Crippen LogP contribution is 2.20. The third-order valence-electron chi connectivity index (χ3n) is 1.96. The zero-order chi connectivity index (χ0) is 13.9. The lowest BCUT2D eigenvalue weighted by atomic mass is 9.87. The Morgan fingerprint density at radius 1 is 1.06 bits per heavy atom. The second-order valence-electron chi connectivity index (χ2n) is 5.97. The van der Waals surface area contributed by atoms with Gasteiger partial charge in [-0.05, 0) is 26.2 Å². The summed E-state index contributed by atoms with van der Waals surface area (Å²) in [5.74, 6) is -0.483. The highest BCUT2D eigenvalue weighted by Gasteiger charge is 2.34. The average Bonchev–Trinajstić information content (AvgIpc) is 2.08. The molecular formula is C12H23NO4. The number of carbonyl (C=O) groups excluding carboxylic acids is 2. The van der Waals surface area contributed by atoms with Crippen LogP contribution in [0, 0.1) is 5.41 Å². The number of rotatable bonds is 2. The first-order valence-electron chi connectivity index (χ1n) is 5.54. The molecule has 100 valence electrons. The van der Waals surface area contributed by atoms with Crippen LogP contribution >= 0.6 is 0 Å². The van der Waals surface area contributed by atoms with Crippen LogP contribution in [0.4, 0.5) is 4.79 Å². The minimum atomic E-state index is -0.734. The van der Waals surface area contributed by atoms with Gasteiger partial charge in [-0.1, -0.05) is 20.8 Å². The fourth-order valence-corrected chi connectivity index (χ4v) is 1.17. The van der Waals surface area contributed by atoms with Crippen LogP contribution in [0.1, 0.15) is 41.5 Å². The molecule has 0 aromatic carbocycles. The van der Waals surface area contributed by atoms with Crippen molar-refractivity contribution in [2.24, 2.45) is 5.41 Å². The second kappa shape index (κ2) is 5.38. The third kappa shape index (κ3) is 6.14. The van der Waals surface area contributed by atoms with Crippen molar-refractivity contribution in [1.82, 2.24) is 5.32 Å². The Kier molecular flexibility index (Phi) is 4.98. The van der Waals surface area contributed by atoms with E-state index in [-0.39, 0.29) is 0 Å². The molecule has 0 saturated heterocycles. The first kappa shape index (κ1) is 15.7. The molecule has 0 radical (unpaired) electrons. The summed E-state index contributed by atoms with van der Waals surface area (Å²) in [5.41, 5.74) is -1.04. The predicted molar refractivity (Wildman–Crippen MR) is 64.6 cm³/mol. The molecule has 0 unspecified atom stereocenters. The predicted octanol–water partition coefficient (Wildman–Crippen LogP) is 2.10. The summed E-state index contributed by atoms with van der Waals surface area (Å²) in [5, 5.41) is 2.53. The lowest BCUT2D eigenvalue weighted by molar-refractivity contribution is -0.146. The first-order chi connectivity index (χ1) is 7.47. The summed E-state index contributed by atoms with van der Waals surface area (Å²) >= 11 is 0. The van der Waals surface area contributed by atoms with Crippen molar-refractivity contribution in [2.45, 2.75) is 53.2 Å². The van der Waals surface area contributed by atoms with Crippen molar-refractivity contribution in [1.29, 1.82) is 0 Å². The van der Waals surface area contributed by atoms with Gasteiger partial charge in [0.25, 0.3) is 0 Å². The zero-order valence-corrected chi connectivity index (χ0v) is 11.7. The molecule has 0 aliphatic carbocycles. The van der Waals surface area contributed by atoms with E-state index in [0.29, 0.717) is 0 Å². The molecule has 5 heteroatoms. The van der Waals surface area contributed by atoms with Crippen LogP contribution in [0.5, 0.6) is 0 Å². The van der Waals surface area contributed by atoms with Gasteiger partial charge in [-0.2, -0.15) is 0 Å². The Labute approximate surface area is 103 Å². The topological polar surface area (TPSA) is 64.6 Å². The Morgan fingerprint density at radius 2 is 1.53 bits per heavy atom. The number of carbonyl (C=O) groups is 2. The summed E-state index contributed by atoms with van der Waals surface area (Å²) < 4.78 is 9.76. The average molecular weight is 245 g/mol. The highest BCUT2D eigenvalue weighted by molar-refractivity contribution is 5.82.